The topological polar surface area (TPSA) is 67.6 Å². The molecule has 1 fully saturated rings. The molecule has 1 aromatic rings. The van der Waals surface area contributed by atoms with Gasteiger partial charge in [-0.2, -0.15) is 0 Å². The van der Waals surface area contributed by atoms with E-state index >= 15 is 0 Å². The Morgan fingerprint density at radius 1 is 1.48 bits per heavy atom. The molecule has 21 heavy (non-hydrogen) atoms. The van der Waals surface area contributed by atoms with Crippen LogP contribution in [0.15, 0.2) is 4.90 Å². The van der Waals surface area contributed by atoms with E-state index in [1.165, 1.54) is 11.3 Å². The fraction of sp³-hybridized carbons (Fsp3) is 0.643. The highest BCUT2D eigenvalue weighted by Gasteiger charge is 2.28. The molecule has 1 amide bonds. The highest BCUT2D eigenvalue weighted by atomic mass is 32.2. The Hall–Kier alpha value is -0.920. The molecule has 7 heteroatoms. The van der Waals surface area contributed by atoms with E-state index in [9.17, 15) is 4.79 Å². The molecule has 0 bridgehead atoms. The van der Waals surface area contributed by atoms with E-state index < -0.39 is 0 Å². The van der Waals surface area contributed by atoms with Gasteiger partial charge >= 0.3 is 0 Å². The maximum atomic E-state index is 12.1. The predicted molar refractivity (Wildman–Crippen MR) is 90.7 cm³/mol. The summed E-state index contributed by atoms with van der Waals surface area (Å²) < 4.78 is 5.78. The second-order valence-electron chi connectivity index (χ2n) is 5.21. The van der Waals surface area contributed by atoms with Crippen LogP contribution in [-0.4, -0.2) is 44.0 Å². The lowest BCUT2D eigenvalue weighted by atomic mass is 10.2. The second kappa shape index (κ2) is 6.89. The number of nitrogens with zero attached hydrogens (tertiary/aromatic N) is 1. The molecule has 1 saturated heterocycles. The lowest BCUT2D eigenvalue weighted by molar-refractivity contribution is -0.00513. The van der Waals surface area contributed by atoms with Gasteiger partial charge < -0.3 is 20.7 Å². The van der Waals surface area contributed by atoms with Gasteiger partial charge in [0.15, 0.2) is 0 Å². The lowest BCUT2D eigenvalue weighted by Crippen LogP contribution is -2.45. The number of nitrogens with one attached hydrogen (secondary N) is 1. The molecule has 0 unspecified atom stereocenters. The van der Waals surface area contributed by atoms with Crippen molar-refractivity contribution in [2.75, 3.05) is 36.5 Å². The average Bonchev–Trinajstić information content (AvgIpc) is 2.75. The van der Waals surface area contributed by atoms with Gasteiger partial charge in [-0.3, -0.25) is 4.79 Å². The molecule has 118 valence electrons. The molecule has 0 spiro atoms. The Kier molecular flexibility index (Phi) is 5.40. The first-order chi connectivity index (χ1) is 9.97. The summed E-state index contributed by atoms with van der Waals surface area (Å²) in [6, 6.07) is 0. The molecular weight excluding hydrogens is 306 g/mol. The number of nitrogens with two attached hydrogens (primary N) is 1. The minimum absolute atomic E-state index is 0.0871. The lowest BCUT2D eigenvalue weighted by Gasteiger charge is -2.36. The first-order valence-electron chi connectivity index (χ1n) is 7.12. The summed E-state index contributed by atoms with van der Waals surface area (Å²) in [6.45, 7) is 8.31. The van der Waals surface area contributed by atoms with Crippen LogP contribution in [0.5, 0.6) is 0 Å². The largest absolute Gasteiger partial charge is 0.396 e. The van der Waals surface area contributed by atoms with Crippen LogP contribution in [-0.2, 0) is 4.74 Å². The number of hydrogen-bond donors (Lipinski definition) is 2. The van der Waals surface area contributed by atoms with E-state index in [1.54, 1.807) is 11.8 Å². The zero-order chi connectivity index (χ0) is 15.6. The van der Waals surface area contributed by atoms with Crippen LogP contribution in [0.1, 0.15) is 30.4 Å². The third-order valence-corrected chi connectivity index (χ3v) is 5.55. The maximum Gasteiger partial charge on any atom is 0.263 e. The Morgan fingerprint density at radius 2 is 2.10 bits per heavy atom. The van der Waals surface area contributed by atoms with Crippen LogP contribution >= 0.6 is 23.1 Å². The fourth-order valence-corrected chi connectivity index (χ4v) is 4.69. The van der Waals surface area contributed by atoms with Crippen LogP contribution < -0.4 is 16.0 Å². The number of thiophene rings is 1. The molecule has 2 heterocycles. The number of nitrogen functional groups attached to an aromatic ring is 1. The molecule has 0 aromatic carbocycles. The highest BCUT2D eigenvalue weighted by molar-refractivity contribution is 7.99. The van der Waals surface area contributed by atoms with Crippen molar-refractivity contribution in [3.63, 3.8) is 0 Å². The Bertz CT molecular complexity index is 509. The van der Waals surface area contributed by atoms with Crippen molar-refractivity contribution in [3.05, 3.63) is 4.88 Å². The summed E-state index contributed by atoms with van der Waals surface area (Å²) in [4.78, 5) is 16.0. The van der Waals surface area contributed by atoms with Crippen LogP contribution in [0.2, 0.25) is 0 Å². The van der Waals surface area contributed by atoms with Crippen LogP contribution in [0.25, 0.3) is 0 Å². The SMILES string of the molecule is CCNC(=O)c1sc(N2C[C@@H](C)O[C@@H](C)C2)c(SC)c1N. The molecule has 1 aromatic heterocycles. The summed E-state index contributed by atoms with van der Waals surface area (Å²) in [5.41, 5.74) is 6.79. The normalized spacial score (nSPS) is 22.4. The standard InChI is InChI=1S/C14H23N3O2S2/c1-5-16-13(18)11-10(15)12(20-4)14(21-11)17-6-8(2)19-9(3)7-17/h8-9H,5-7,15H2,1-4H3,(H,16,18)/t8-,9+. The van der Waals surface area contributed by atoms with Gasteiger partial charge in [-0.1, -0.05) is 0 Å². The number of morpholine rings is 1. The zero-order valence-corrected chi connectivity index (χ0v) is 14.6. The van der Waals surface area contributed by atoms with Gasteiger partial charge in [-0.25, -0.2) is 0 Å². The number of hydrogen-bond acceptors (Lipinski definition) is 6. The fourth-order valence-electron chi connectivity index (χ4n) is 2.57. The third-order valence-electron chi connectivity index (χ3n) is 3.34. The van der Waals surface area contributed by atoms with Gasteiger partial charge in [-0.15, -0.1) is 23.1 Å². The minimum atomic E-state index is -0.0871. The van der Waals surface area contributed by atoms with Crippen LogP contribution in [0, 0.1) is 0 Å². The first-order valence-corrected chi connectivity index (χ1v) is 9.16. The smallest absolute Gasteiger partial charge is 0.263 e. The molecule has 1 aliphatic heterocycles. The monoisotopic (exact) mass is 329 g/mol. The van der Waals surface area contributed by atoms with Gasteiger partial charge in [0.1, 0.15) is 9.88 Å². The zero-order valence-electron chi connectivity index (χ0n) is 12.9. The summed E-state index contributed by atoms with van der Waals surface area (Å²) in [5, 5.41) is 3.91. The van der Waals surface area contributed by atoms with Crippen molar-refractivity contribution >= 4 is 39.7 Å². The summed E-state index contributed by atoms with van der Waals surface area (Å²) in [5.74, 6) is -0.0871. The number of ether oxygens (including phenoxy) is 1. The van der Waals surface area contributed by atoms with Crippen LogP contribution in [0.3, 0.4) is 0 Å². The van der Waals surface area contributed by atoms with Gasteiger partial charge in [0, 0.05) is 19.6 Å². The van der Waals surface area contributed by atoms with E-state index in [4.69, 9.17) is 10.5 Å². The average molecular weight is 329 g/mol. The van der Waals surface area contributed by atoms with Crippen molar-refractivity contribution in [3.8, 4) is 0 Å². The summed E-state index contributed by atoms with van der Waals surface area (Å²) in [6.07, 6.45) is 2.36. The Labute approximate surface area is 134 Å². The molecule has 2 atom stereocenters. The number of thioether (sulfide) groups is 1. The van der Waals surface area contributed by atoms with Crippen molar-refractivity contribution in [2.24, 2.45) is 0 Å². The van der Waals surface area contributed by atoms with Gasteiger partial charge in [0.05, 0.1) is 22.8 Å². The Morgan fingerprint density at radius 3 is 2.62 bits per heavy atom. The number of amides is 1. The quantitative estimate of drug-likeness (QED) is 0.830. The molecule has 1 aliphatic rings. The van der Waals surface area contributed by atoms with Crippen LogP contribution in [0.4, 0.5) is 10.7 Å². The van der Waals surface area contributed by atoms with E-state index in [2.05, 4.69) is 24.1 Å². The van der Waals surface area contributed by atoms with Gasteiger partial charge in [-0.05, 0) is 27.0 Å². The predicted octanol–water partition coefficient (Wildman–Crippen LogP) is 2.42. The third kappa shape index (κ3) is 3.46. The van der Waals surface area contributed by atoms with Crippen molar-refractivity contribution in [1.82, 2.24) is 5.32 Å². The molecule has 0 radical (unpaired) electrons. The number of carbonyl (C=O) groups excluding carboxylic acids is 1. The number of rotatable bonds is 4. The summed E-state index contributed by atoms with van der Waals surface area (Å²) in [7, 11) is 0. The van der Waals surface area contributed by atoms with Crippen molar-refractivity contribution in [2.45, 2.75) is 37.9 Å². The molecular formula is C14H23N3O2S2. The van der Waals surface area contributed by atoms with E-state index in [0.717, 1.165) is 23.0 Å². The van der Waals surface area contributed by atoms with Gasteiger partial charge in [0.25, 0.3) is 5.91 Å². The molecule has 0 saturated carbocycles. The molecule has 2 rings (SSSR count). The highest BCUT2D eigenvalue weighted by Crippen LogP contribution is 2.44. The first kappa shape index (κ1) is 16.5. The van der Waals surface area contributed by atoms with E-state index in [-0.39, 0.29) is 18.1 Å². The number of carbonyl (C=O) groups is 1. The molecule has 3 N–H and O–H groups in total. The summed E-state index contributed by atoms with van der Waals surface area (Å²) >= 11 is 3.08. The minimum Gasteiger partial charge on any atom is -0.396 e. The Balaban J connectivity index is 2.34. The molecule has 0 aliphatic carbocycles. The second-order valence-corrected chi connectivity index (χ2v) is 7.02. The maximum absolute atomic E-state index is 12.1. The van der Waals surface area contributed by atoms with Gasteiger partial charge in [0.2, 0.25) is 0 Å². The number of anilines is 2. The van der Waals surface area contributed by atoms with E-state index in [1.807, 2.05) is 13.2 Å². The van der Waals surface area contributed by atoms with Crippen molar-refractivity contribution < 1.29 is 9.53 Å². The van der Waals surface area contributed by atoms with Crippen molar-refractivity contribution in [1.29, 1.82) is 0 Å². The van der Waals surface area contributed by atoms with E-state index in [0.29, 0.717) is 17.1 Å². The molecule has 5 nitrogen and oxygen atoms in total.